The predicted molar refractivity (Wildman–Crippen MR) is 162 cm³/mol. The number of fused-ring (bicyclic) bond motifs is 2. The maximum atomic E-state index is 14.0. The lowest BCUT2D eigenvalue weighted by Crippen LogP contribution is -2.26. The fourth-order valence-corrected chi connectivity index (χ4v) is 4.86. The minimum absolute atomic E-state index is 0.182. The Bertz CT molecular complexity index is 2030. The highest BCUT2D eigenvalue weighted by Crippen LogP contribution is 2.36. The molecular weight excluding hydrogens is 560 g/mol. The molecule has 12 nitrogen and oxygen atoms in total. The molecule has 0 bridgehead atoms. The lowest BCUT2D eigenvalue weighted by atomic mass is 10.1. The second kappa shape index (κ2) is 10.4. The highest BCUT2D eigenvalue weighted by atomic mass is 16.3. The van der Waals surface area contributed by atoms with Gasteiger partial charge in [0.25, 0.3) is 5.91 Å². The Labute approximate surface area is 248 Å². The van der Waals surface area contributed by atoms with Crippen molar-refractivity contribution in [2.24, 2.45) is 5.73 Å². The second-order valence-electron chi connectivity index (χ2n) is 9.88. The van der Waals surface area contributed by atoms with Crippen molar-refractivity contribution in [3.8, 4) is 22.9 Å². The number of aromatic nitrogens is 6. The van der Waals surface area contributed by atoms with Gasteiger partial charge in [-0.2, -0.15) is 0 Å². The number of carbonyl (C=O) groups excluding carboxylic acids is 2. The van der Waals surface area contributed by atoms with E-state index < -0.39 is 11.8 Å². The first-order chi connectivity index (χ1) is 21.4. The summed E-state index contributed by atoms with van der Waals surface area (Å²) in [5.41, 5.74) is 9.67. The molecule has 2 aromatic heterocycles. The number of hydrogen-bond acceptors (Lipinski definition) is 8. The van der Waals surface area contributed by atoms with Crippen LogP contribution in [0.5, 0.6) is 11.5 Å². The predicted octanol–water partition coefficient (Wildman–Crippen LogP) is 4.64. The Balaban J connectivity index is 1.31. The van der Waals surface area contributed by atoms with Gasteiger partial charge in [0.15, 0.2) is 0 Å². The number of nitrogens with zero attached hydrogens (tertiary/aromatic N) is 7. The van der Waals surface area contributed by atoms with Crippen molar-refractivity contribution in [1.29, 1.82) is 0 Å². The summed E-state index contributed by atoms with van der Waals surface area (Å²) >= 11 is 0. The lowest BCUT2D eigenvalue weighted by molar-refractivity contribution is 0.0988. The van der Waals surface area contributed by atoms with Crippen LogP contribution in [0.1, 0.15) is 20.7 Å². The van der Waals surface area contributed by atoms with E-state index in [2.05, 4.69) is 20.4 Å². The number of hydrogen-bond donors (Lipinski definition) is 3. The van der Waals surface area contributed by atoms with Gasteiger partial charge < -0.3 is 15.9 Å². The molecule has 0 radical (unpaired) electrons. The maximum Gasteiger partial charge on any atom is 0.262 e. The van der Waals surface area contributed by atoms with E-state index in [-0.39, 0.29) is 22.6 Å². The van der Waals surface area contributed by atoms with Crippen LogP contribution in [0.2, 0.25) is 0 Å². The summed E-state index contributed by atoms with van der Waals surface area (Å²) < 4.78 is 0. The first-order valence-corrected chi connectivity index (χ1v) is 13.4. The van der Waals surface area contributed by atoms with E-state index >= 15 is 0 Å². The van der Waals surface area contributed by atoms with E-state index in [1.165, 1.54) is 50.9 Å². The number of primary amides is 1. The zero-order valence-corrected chi connectivity index (χ0v) is 22.8. The number of rotatable bonds is 6. The number of carbonyl (C=O) groups is 2. The molecule has 214 valence electrons. The standard InChI is InChI=1S/C32H22N8O4/c33-31(43)19-9-11-20(12-10-19)32(44)38(21-13-15-27(29(41)17-21)39-34-23-5-1-2-6-24(23)35-39)22-14-16-28(30(42)18-22)40-36-25-7-3-4-8-26(25)37-40/h1-18,41-42H,(H2,33,43). The Morgan fingerprint density at radius 3 is 1.32 bits per heavy atom. The minimum atomic E-state index is -0.623. The SMILES string of the molecule is NC(=O)c1ccc(C(=O)N(c2ccc(-n3nc4ccccc4n3)c(O)c2)c2ccc(-n3nc4ccccc4n3)c(O)c2)cc1. The summed E-state index contributed by atoms with van der Waals surface area (Å²) in [4.78, 5) is 29.5. The van der Waals surface area contributed by atoms with Gasteiger partial charge in [-0.3, -0.25) is 14.5 Å². The molecule has 0 aliphatic rings. The van der Waals surface area contributed by atoms with Crippen LogP contribution in [0, 0.1) is 0 Å². The Morgan fingerprint density at radius 1 is 0.568 bits per heavy atom. The number of phenols is 2. The molecule has 2 amide bonds. The maximum absolute atomic E-state index is 14.0. The highest BCUT2D eigenvalue weighted by molar-refractivity contribution is 6.11. The van der Waals surface area contributed by atoms with Gasteiger partial charge in [-0.05, 0) is 72.8 Å². The number of anilines is 2. The minimum Gasteiger partial charge on any atom is -0.506 e. The van der Waals surface area contributed by atoms with Crippen LogP contribution in [0.4, 0.5) is 11.4 Å². The number of amides is 2. The Hall–Kier alpha value is -6.56. The zero-order valence-electron chi connectivity index (χ0n) is 22.8. The summed E-state index contributed by atoms with van der Waals surface area (Å²) in [7, 11) is 0. The summed E-state index contributed by atoms with van der Waals surface area (Å²) in [6.45, 7) is 0. The molecule has 7 aromatic rings. The molecule has 0 aliphatic carbocycles. The topological polar surface area (TPSA) is 165 Å². The average Bonchev–Trinajstić information content (AvgIpc) is 3.66. The number of phenolic OH excluding ortho intramolecular Hbond substituents is 2. The first-order valence-electron chi connectivity index (χ1n) is 13.4. The van der Waals surface area contributed by atoms with Gasteiger partial charge in [0.1, 0.15) is 44.9 Å². The largest absolute Gasteiger partial charge is 0.506 e. The molecule has 7 rings (SSSR count). The van der Waals surface area contributed by atoms with Gasteiger partial charge in [0.05, 0.1) is 11.4 Å². The van der Waals surface area contributed by atoms with Gasteiger partial charge in [-0.15, -0.1) is 30.0 Å². The second-order valence-corrected chi connectivity index (χ2v) is 9.88. The van der Waals surface area contributed by atoms with Gasteiger partial charge >= 0.3 is 0 Å². The molecule has 0 saturated carbocycles. The van der Waals surface area contributed by atoms with Crippen molar-refractivity contribution in [1.82, 2.24) is 30.0 Å². The van der Waals surface area contributed by atoms with Crippen molar-refractivity contribution >= 4 is 45.3 Å². The number of aromatic hydroxyl groups is 2. The first kappa shape index (κ1) is 26.3. The van der Waals surface area contributed by atoms with Crippen molar-refractivity contribution in [3.05, 3.63) is 120 Å². The van der Waals surface area contributed by atoms with Gasteiger partial charge in [-0.1, -0.05) is 24.3 Å². The van der Waals surface area contributed by atoms with Crippen LogP contribution in [-0.4, -0.2) is 52.0 Å². The molecule has 44 heavy (non-hydrogen) atoms. The highest BCUT2D eigenvalue weighted by Gasteiger charge is 2.24. The van der Waals surface area contributed by atoms with Gasteiger partial charge in [0, 0.05) is 23.3 Å². The number of benzene rings is 5. The molecule has 12 heteroatoms. The zero-order chi connectivity index (χ0) is 30.4. The molecule has 2 heterocycles. The number of nitrogens with two attached hydrogens (primary N) is 1. The third kappa shape index (κ3) is 4.61. The molecular formula is C32H22N8O4. The van der Waals surface area contributed by atoms with E-state index in [1.54, 1.807) is 24.3 Å². The normalized spacial score (nSPS) is 11.2. The van der Waals surface area contributed by atoms with Crippen LogP contribution in [0.15, 0.2) is 109 Å². The third-order valence-electron chi connectivity index (χ3n) is 7.06. The molecule has 4 N–H and O–H groups in total. The average molecular weight is 583 g/mol. The molecule has 5 aromatic carbocycles. The van der Waals surface area contributed by atoms with E-state index in [4.69, 9.17) is 5.73 Å². The van der Waals surface area contributed by atoms with E-state index in [1.807, 2.05) is 48.5 Å². The van der Waals surface area contributed by atoms with Gasteiger partial charge in [0.2, 0.25) is 5.91 Å². The van der Waals surface area contributed by atoms with E-state index in [0.717, 1.165) is 0 Å². The third-order valence-corrected chi connectivity index (χ3v) is 7.06. The van der Waals surface area contributed by atoms with E-state index in [0.29, 0.717) is 44.8 Å². The smallest absolute Gasteiger partial charge is 0.262 e. The van der Waals surface area contributed by atoms with Crippen LogP contribution in [0.3, 0.4) is 0 Å². The molecule has 0 unspecified atom stereocenters. The molecule has 0 atom stereocenters. The van der Waals surface area contributed by atoms with Crippen molar-refractivity contribution in [3.63, 3.8) is 0 Å². The van der Waals surface area contributed by atoms with Crippen molar-refractivity contribution in [2.75, 3.05) is 4.90 Å². The molecule has 0 aliphatic heterocycles. The van der Waals surface area contributed by atoms with Crippen LogP contribution in [-0.2, 0) is 0 Å². The molecule has 0 spiro atoms. The molecule has 0 saturated heterocycles. The Morgan fingerprint density at radius 2 is 0.955 bits per heavy atom. The van der Waals surface area contributed by atoms with Crippen LogP contribution in [0.25, 0.3) is 33.4 Å². The quantitative estimate of drug-likeness (QED) is 0.255. The summed E-state index contributed by atoms with van der Waals surface area (Å²) in [6.07, 6.45) is 0. The fraction of sp³-hybridized carbons (Fsp3) is 0. The summed E-state index contributed by atoms with van der Waals surface area (Å²) in [5.74, 6) is -1.48. The van der Waals surface area contributed by atoms with Crippen molar-refractivity contribution in [2.45, 2.75) is 0 Å². The Kier molecular flexibility index (Phi) is 6.21. The van der Waals surface area contributed by atoms with Gasteiger partial charge in [-0.25, -0.2) is 0 Å². The monoisotopic (exact) mass is 582 g/mol. The van der Waals surface area contributed by atoms with Crippen LogP contribution >= 0.6 is 0 Å². The summed E-state index contributed by atoms with van der Waals surface area (Å²) in [6, 6.07) is 29.7. The van der Waals surface area contributed by atoms with Crippen LogP contribution < -0.4 is 10.6 Å². The lowest BCUT2D eigenvalue weighted by Gasteiger charge is -2.24. The van der Waals surface area contributed by atoms with Crippen molar-refractivity contribution < 1.29 is 19.8 Å². The molecule has 0 fully saturated rings. The van der Waals surface area contributed by atoms with E-state index in [9.17, 15) is 19.8 Å². The summed E-state index contributed by atoms with van der Waals surface area (Å²) in [5, 5.41) is 39.9. The fourth-order valence-electron chi connectivity index (χ4n) is 4.86.